The summed E-state index contributed by atoms with van der Waals surface area (Å²) in [6.07, 6.45) is 0. The fourth-order valence-electron chi connectivity index (χ4n) is 2.72. The topological polar surface area (TPSA) is 66.2 Å². The van der Waals surface area contributed by atoms with Crippen LogP contribution >= 0.6 is 0 Å². The third kappa shape index (κ3) is 3.61. The monoisotopic (exact) mass is 371 g/mol. The second kappa shape index (κ2) is 7.75. The number of aromatic nitrogens is 3. The number of nitrogens with zero attached hydrogens (tertiary/aromatic N) is 3. The van der Waals surface area contributed by atoms with Gasteiger partial charge in [0.05, 0.1) is 12.8 Å². The number of carbonyl (C=O) groups excluding carboxylic acids is 1. The van der Waals surface area contributed by atoms with Crippen LogP contribution in [0.3, 0.4) is 0 Å². The molecule has 0 fully saturated rings. The highest BCUT2D eigenvalue weighted by atomic mass is 16.5. The van der Waals surface area contributed by atoms with Gasteiger partial charge < -0.3 is 9.47 Å². The average molecular weight is 371 g/mol. The third-order valence-corrected chi connectivity index (χ3v) is 4.09. The molecule has 0 saturated carbocycles. The molecule has 3 aromatic carbocycles. The van der Waals surface area contributed by atoms with E-state index < -0.39 is 5.97 Å². The van der Waals surface area contributed by atoms with Gasteiger partial charge in [0.25, 0.3) is 5.82 Å². The number of para-hydroxylation sites is 1. The van der Waals surface area contributed by atoms with Crippen LogP contribution in [0.25, 0.3) is 17.1 Å². The second-order valence-corrected chi connectivity index (χ2v) is 5.94. The molecule has 0 aliphatic heterocycles. The first-order valence-corrected chi connectivity index (χ1v) is 8.69. The van der Waals surface area contributed by atoms with Crippen LogP contribution in [0.4, 0.5) is 0 Å². The summed E-state index contributed by atoms with van der Waals surface area (Å²) in [6, 6.07) is 25.9. The first kappa shape index (κ1) is 17.5. The molecule has 0 aliphatic rings. The summed E-state index contributed by atoms with van der Waals surface area (Å²) in [5.74, 6) is 0.991. The Kier molecular flexibility index (Phi) is 4.84. The Bertz CT molecular complexity index is 1020. The van der Waals surface area contributed by atoms with E-state index in [1.807, 2.05) is 60.7 Å². The minimum atomic E-state index is -0.628. The molecule has 4 rings (SSSR count). The molecular formula is C22H17N3O3. The quantitative estimate of drug-likeness (QED) is 0.389. The van der Waals surface area contributed by atoms with Crippen molar-refractivity contribution in [3.05, 3.63) is 90.8 Å². The Morgan fingerprint density at radius 1 is 0.821 bits per heavy atom. The van der Waals surface area contributed by atoms with Gasteiger partial charge in [-0.3, -0.25) is 0 Å². The molecule has 0 saturated heterocycles. The number of benzene rings is 3. The van der Waals surface area contributed by atoms with Gasteiger partial charge in [0, 0.05) is 5.56 Å². The van der Waals surface area contributed by atoms with E-state index in [-0.39, 0.29) is 5.82 Å². The number of hydrogen-bond donors (Lipinski definition) is 0. The van der Waals surface area contributed by atoms with Crippen LogP contribution in [0.2, 0.25) is 0 Å². The van der Waals surface area contributed by atoms with E-state index in [0.29, 0.717) is 17.3 Å². The molecule has 4 aromatic rings. The van der Waals surface area contributed by atoms with Gasteiger partial charge in [-0.1, -0.05) is 48.5 Å². The van der Waals surface area contributed by atoms with Gasteiger partial charge in [-0.2, -0.15) is 0 Å². The number of esters is 1. The fourth-order valence-corrected chi connectivity index (χ4v) is 2.72. The predicted octanol–water partition coefficient (Wildman–Crippen LogP) is 4.16. The van der Waals surface area contributed by atoms with Crippen LogP contribution in [0.15, 0.2) is 84.9 Å². The molecule has 0 bridgehead atoms. The largest absolute Gasteiger partial charge is 0.497 e. The van der Waals surface area contributed by atoms with Crippen molar-refractivity contribution < 1.29 is 14.3 Å². The van der Waals surface area contributed by atoms with Gasteiger partial charge in [0.2, 0.25) is 0 Å². The maximum absolute atomic E-state index is 12.6. The van der Waals surface area contributed by atoms with Crippen molar-refractivity contribution in [2.45, 2.75) is 0 Å². The number of rotatable bonds is 5. The van der Waals surface area contributed by atoms with Gasteiger partial charge in [-0.25, -0.2) is 14.5 Å². The molecule has 0 unspecified atom stereocenters. The Morgan fingerprint density at radius 3 is 2.07 bits per heavy atom. The normalized spacial score (nSPS) is 10.5. The Morgan fingerprint density at radius 2 is 1.43 bits per heavy atom. The van der Waals surface area contributed by atoms with Crippen LogP contribution < -0.4 is 9.47 Å². The molecule has 0 radical (unpaired) electrons. The van der Waals surface area contributed by atoms with E-state index in [0.717, 1.165) is 11.3 Å². The maximum Gasteiger partial charge on any atom is 0.383 e. The summed E-state index contributed by atoms with van der Waals surface area (Å²) in [4.78, 5) is 17.0. The van der Waals surface area contributed by atoms with Gasteiger partial charge in [0.15, 0.2) is 5.82 Å². The minimum Gasteiger partial charge on any atom is -0.497 e. The van der Waals surface area contributed by atoms with E-state index in [9.17, 15) is 4.79 Å². The van der Waals surface area contributed by atoms with Crippen LogP contribution in [0, 0.1) is 0 Å². The standard InChI is InChI=1S/C22H17N3O3/c1-27-18-12-14-19(15-13-18)28-22(26)20-23-21(16-8-4-2-5-9-16)25(24-20)17-10-6-3-7-11-17/h2-15H,1H3. The highest BCUT2D eigenvalue weighted by Crippen LogP contribution is 2.22. The minimum absolute atomic E-state index is 0.0153. The maximum atomic E-state index is 12.6. The first-order chi connectivity index (χ1) is 13.7. The van der Waals surface area contributed by atoms with E-state index in [1.165, 1.54) is 0 Å². The smallest absolute Gasteiger partial charge is 0.383 e. The summed E-state index contributed by atoms with van der Waals surface area (Å²) < 4.78 is 12.2. The predicted molar refractivity (Wildman–Crippen MR) is 105 cm³/mol. The molecule has 138 valence electrons. The van der Waals surface area contributed by atoms with Gasteiger partial charge in [-0.15, -0.1) is 5.10 Å². The average Bonchev–Trinajstić information content (AvgIpc) is 3.21. The molecule has 0 aliphatic carbocycles. The lowest BCUT2D eigenvalue weighted by molar-refractivity contribution is 0.0722. The second-order valence-electron chi connectivity index (χ2n) is 5.94. The van der Waals surface area contributed by atoms with Gasteiger partial charge in [-0.05, 0) is 36.4 Å². The summed E-state index contributed by atoms with van der Waals surface area (Å²) in [5, 5.41) is 4.39. The van der Waals surface area contributed by atoms with Crippen LogP contribution in [-0.4, -0.2) is 27.8 Å². The molecule has 0 atom stereocenters. The van der Waals surface area contributed by atoms with Crippen molar-refractivity contribution in [3.63, 3.8) is 0 Å². The zero-order valence-electron chi connectivity index (χ0n) is 15.1. The molecule has 6 heteroatoms. The number of hydrogen-bond acceptors (Lipinski definition) is 5. The zero-order valence-corrected chi connectivity index (χ0v) is 15.1. The lowest BCUT2D eigenvalue weighted by atomic mass is 10.2. The van der Waals surface area contributed by atoms with Crippen molar-refractivity contribution in [2.75, 3.05) is 7.11 Å². The zero-order chi connectivity index (χ0) is 19.3. The number of methoxy groups -OCH3 is 1. The van der Waals surface area contributed by atoms with Gasteiger partial charge >= 0.3 is 5.97 Å². The fraction of sp³-hybridized carbons (Fsp3) is 0.0455. The van der Waals surface area contributed by atoms with Crippen molar-refractivity contribution in [3.8, 4) is 28.6 Å². The molecule has 1 aromatic heterocycles. The highest BCUT2D eigenvalue weighted by molar-refractivity contribution is 5.87. The molecule has 0 N–H and O–H groups in total. The van der Waals surface area contributed by atoms with Crippen molar-refractivity contribution in [2.24, 2.45) is 0 Å². The van der Waals surface area contributed by atoms with Crippen molar-refractivity contribution >= 4 is 5.97 Å². The van der Waals surface area contributed by atoms with E-state index in [4.69, 9.17) is 9.47 Å². The summed E-state index contributed by atoms with van der Waals surface area (Å²) in [7, 11) is 1.58. The van der Waals surface area contributed by atoms with Crippen LogP contribution in [-0.2, 0) is 0 Å². The number of ether oxygens (including phenoxy) is 2. The van der Waals surface area contributed by atoms with Crippen LogP contribution in [0.1, 0.15) is 10.6 Å². The summed E-state index contributed by atoms with van der Waals surface area (Å²) in [5.41, 5.74) is 1.65. The van der Waals surface area contributed by atoms with Crippen molar-refractivity contribution in [1.82, 2.24) is 14.8 Å². The molecule has 0 spiro atoms. The number of carbonyl (C=O) groups is 1. The summed E-state index contributed by atoms with van der Waals surface area (Å²) >= 11 is 0. The molecule has 6 nitrogen and oxygen atoms in total. The van der Waals surface area contributed by atoms with E-state index in [1.54, 1.807) is 36.1 Å². The lowest BCUT2D eigenvalue weighted by Gasteiger charge is -2.05. The van der Waals surface area contributed by atoms with E-state index in [2.05, 4.69) is 10.1 Å². The molecular weight excluding hydrogens is 354 g/mol. The molecule has 1 heterocycles. The molecule has 0 amide bonds. The molecule has 28 heavy (non-hydrogen) atoms. The lowest BCUT2D eigenvalue weighted by Crippen LogP contribution is -2.11. The first-order valence-electron chi connectivity index (χ1n) is 8.69. The van der Waals surface area contributed by atoms with Gasteiger partial charge in [0.1, 0.15) is 11.5 Å². The SMILES string of the molecule is COc1ccc(OC(=O)c2nc(-c3ccccc3)n(-c3ccccc3)n2)cc1. The highest BCUT2D eigenvalue weighted by Gasteiger charge is 2.20. The third-order valence-electron chi connectivity index (χ3n) is 4.09. The Hall–Kier alpha value is -3.93. The summed E-state index contributed by atoms with van der Waals surface area (Å²) in [6.45, 7) is 0. The Balaban J connectivity index is 1.69. The Labute approximate surface area is 162 Å². The van der Waals surface area contributed by atoms with Crippen LogP contribution in [0.5, 0.6) is 11.5 Å². The van der Waals surface area contributed by atoms with Crippen molar-refractivity contribution in [1.29, 1.82) is 0 Å². The van der Waals surface area contributed by atoms with E-state index >= 15 is 0 Å².